The van der Waals surface area contributed by atoms with Crippen molar-refractivity contribution < 1.29 is 9.59 Å². The Hall–Kier alpha value is -4.40. The lowest BCUT2D eigenvalue weighted by Crippen LogP contribution is -2.47. The molecule has 194 valence electrons. The fourth-order valence-electron chi connectivity index (χ4n) is 4.85. The Morgan fingerprint density at radius 3 is 2.18 bits per heavy atom. The second-order valence-electron chi connectivity index (χ2n) is 9.28. The predicted molar refractivity (Wildman–Crippen MR) is 147 cm³/mol. The number of fused-ring (bicyclic) bond motifs is 1. The normalized spacial score (nSPS) is 15.3. The van der Waals surface area contributed by atoms with Gasteiger partial charge < -0.3 is 15.1 Å². The third-order valence-corrected chi connectivity index (χ3v) is 6.86. The smallest absolute Gasteiger partial charge is 0.321 e. The summed E-state index contributed by atoms with van der Waals surface area (Å²) in [4.78, 5) is 48.3. The summed E-state index contributed by atoms with van der Waals surface area (Å²) in [5.74, 6) is -0.0398. The van der Waals surface area contributed by atoms with Gasteiger partial charge in [-0.15, -0.1) is 0 Å². The summed E-state index contributed by atoms with van der Waals surface area (Å²) in [7, 11) is 0. The number of hydrogen-bond donors (Lipinski definition) is 1. The standard InChI is InChI=1S/C29H31N7O2/c1-3-35(4-2)28(37)20-10-9-17-36(19-20)29(38)32-21-13-14-22-25(18-21)34-27(24-12-6-8-16-31-24)26(33-22)23-11-5-7-15-30-23/h5-8,11-16,18,20H,3-4,9-10,17,19H2,1-2H3,(H,32,38)/t20-/m1/s1. The molecule has 9 nitrogen and oxygen atoms in total. The lowest BCUT2D eigenvalue weighted by Gasteiger charge is -2.34. The third-order valence-electron chi connectivity index (χ3n) is 6.86. The molecule has 1 fully saturated rings. The highest BCUT2D eigenvalue weighted by Gasteiger charge is 2.30. The van der Waals surface area contributed by atoms with Gasteiger partial charge in [0, 0.05) is 44.3 Å². The monoisotopic (exact) mass is 509 g/mol. The number of urea groups is 1. The zero-order chi connectivity index (χ0) is 26.5. The molecule has 0 radical (unpaired) electrons. The minimum Gasteiger partial charge on any atom is -0.343 e. The summed E-state index contributed by atoms with van der Waals surface area (Å²) in [6.07, 6.45) is 5.05. The first-order chi connectivity index (χ1) is 18.6. The lowest BCUT2D eigenvalue weighted by atomic mass is 9.96. The van der Waals surface area contributed by atoms with E-state index < -0.39 is 0 Å². The Bertz CT molecular complexity index is 1430. The van der Waals surface area contributed by atoms with Crippen LogP contribution in [-0.2, 0) is 4.79 Å². The molecule has 4 aromatic rings. The molecule has 1 atom stereocenters. The van der Waals surface area contributed by atoms with Crippen molar-refractivity contribution in [2.75, 3.05) is 31.5 Å². The SMILES string of the molecule is CCN(CC)C(=O)[C@@H]1CCCN(C(=O)Nc2ccc3nc(-c4ccccn4)c(-c4ccccn4)nc3c2)C1. The number of rotatable bonds is 6. The van der Waals surface area contributed by atoms with Crippen LogP contribution in [0.4, 0.5) is 10.5 Å². The lowest BCUT2D eigenvalue weighted by molar-refractivity contribution is -0.136. The fourth-order valence-corrected chi connectivity index (χ4v) is 4.85. The molecule has 3 amide bonds. The Morgan fingerprint density at radius 2 is 1.58 bits per heavy atom. The van der Waals surface area contributed by atoms with Crippen molar-refractivity contribution in [3.05, 3.63) is 67.0 Å². The Kier molecular flexibility index (Phi) is 7.53. The summed E-state index contributed by atoms with van der Waals surface area (Å²) in [5.41, 5.74) is 4.60. The van der Waals surface area contributed by atoms with E-state index in [9.17, 15) is 9.59 Å². The molecule has 0 spiro atoms. The van der Waals surface area contributed by atoms with Crippen molar-refractivity contribution >= 4 is 28.7 Å². The maximum atomic E-state index is 13.1. The van der Waals surface area contributed by atoms with E-state index in [4.69, 9.17) is 9.97 Å². The van der Waals surface area contributed by atoms with Crippen molar-refractivity contribution in [2.45, 2.75) is 26.7 Å². The van der Waals surface area contributed by atoms with Gasteiger partial charge in [0.1, 0.15) is 11.4 Å². The maximum Gasteiger partial charge on any atom is 0.321 e. The Balaban J connectivity index is 1.40. The molecule has 0 unspecified atom stereocenters. The highest BCUT2D eigenvalue weighted by Crippen LogP contribution is 2.30. The summed E-state index contributed by atoms with van der Waals surface area (Å²) in [5, 5.41) is 2.99. The van der Waals surface area contributed by atoms with E-state index in [1.807, 2.05) is 73.3 Å². The number of likely N-dealkylation sites (tertiary alicyclic amines) is 1. The van der Waals surface area contributed by atoms with E-state index in [-0.39, 0.29) is 17.9 Å². The fraction of sp³-hybridized carbons (Fsp3) is 0.310. The zero-order valence-electron chi connectivity index (χ0n) is 21.7. The quantitative estimate of drug-likeness (QED) is 0.398. The molecule has 3 aromatic heterocycles. The van der Waals surface area contributed by atoms with Crippen LogP contribution in [0, 0.1) is 5.92 Å². The molecule has 4 heterocycles. The highest BCUT2D eigenvalue weighted by molar-refractivity contribution is 5.93. The molecule has 38 heavy (non-hydrogen) atoms. The van der Waals surface area contributed by atoms with Crippen LogP contribution in [-0.4, -0.2) is 67.9 Å². The molecule has 9 heteroatoms. The molecule has 0 aliphatic carbocycles. The summed E-state index contributed by atoms with van der Waals surface area (Å²) in [6.45, 7) is 6.37. The Morgan fingerprint density at radius 1 is 0.921 bits per heavy atom. The summed E-state index contributed by atoms with van der Waals surface area (Å²) in [6, 6.07) is 16.6. The second kappa shape index (κ2) is 11.3. The minimum atomic E-state index is -0.218. The number of amides is 3. The summed E-state index contributed by atoms with van der Waals surface area (Å²) < 4.78 is 0. The van der Waals surface area contributed by atoms with Crippen molar-refractivity contribution in [1.29, 1.82) is 0 Å². The van der Waals surface area contributed by atoms with E-state index >= 15 is 0 Å². The van der Waals surface area contributed by atoms with Crippen molar-refractivity contribution in [3.63, 3.8) is 0 Å². The largest absolute Gasteiger partial charge is 0.343 e. The number of piperidine rings is 1. The zero-order valence-corrected chi connectivity index (χ0v) is 21.7. The van der Waals surface area contributed by atoms with Gasteiger partial charge in [-0.1, -0.05) is 12.1 Å². The molecule has 1 aromatic carbocycles. The maximum absolute atomic E-state index is 13.1. The van der Waals surface area contributed by atoms with Gasteiger partial charge in [-0.05, 0) is 69.2 Å². The number of pyridine rings is 2. The van der Waals surface area contributed by atoms with Crippen molar-refractivity contribution in [1.82, 2.24) is 29.7 Å². The van der Waals surface area contributed by atoms with Crippen LogP contribution in [0.5, 0.6) is 0 Å². The topological polar surface area (TPSA) is 104 Å². The number of carbonyl (C=O) groups is 2. The predicted octanol–water partition coefficient (Wildman–Crippen LogP) is 4.87. The van der Waals surface area contributed by atoms with Gasteiger partial charge in [0.15, 0.2) is 0 Å². The molecular formula is C29H31N7O2. The number of anilines is 1. The van der Waals surface area contributed by atoms with Gasteiger partial charge >= 0.3 is 6.03 Å². The van der Waals surface area contributed by atoms with Gasteiger partial charge in [0.2, 0.25) is 5.91 Å². The molecular weight excluding hydrogens is 478 g/mol. The Labute approximate surface area is 222 Å². The average Bonchev–Trinajstić information content (AvgIpc) is 2.98. The van der Waals surface area contributed by atoms with Gasteiger partial charge in [-0.2, -0.15) is 0 Å². The molecule has 1 aliphatic heterocycles. The molecule has 1 saturated heterocycles. The second-order valence-corrected chi connectivity index (χ2v) is 9.28. The molecule has 5 rings (SSSR count). The highest BCUT2D eigenvalue weighted by atomic mass is 16.2. The van der Waals surface area contributed by atoms with Gasteiger partial charge in [0.05, 0.1) is 28.3 Å². The first kappa shape index (κ1) is 25.3. The number of carbonyl (C=O) groups excluding carboxylic acids is 2. The van der Waals surface area contributed by atoms with Crippen LogP contribution >= 0.6 is 0 Å². The van der Waals surface area contributed by atoms with E-state index in [1.165, 1.54) is 0 Å². The number of aromatic nitrogens is 4. The summed E-state index contributed by atoms with van der Waals surface area (Å²) >= 11 is 0. The molecule has 0 bridgehead atoms. The van der Waals surface area contributed by atoms with E-state index in [0.29, 0.717) is 65.7 Å². The average molecular weight is 510 g/mol. The molecule has 1 aliphatic rings. The van der Waals surface area contributed by atoms with Crippen LogP contribution in [0.1, 0.15) is 26.7 Å². The van der Waals surface area contributed by atoms with Crippen LogP contribution in [0.2, 0.25) is 0 Å². The van der Waals surface area contributed by atoms with Gasteiger partial charge in [-0.25, -0.2) is 14.8 Å². The van der Waals surface area contributed by atoms with Crippen LogP contribution in [0.3, 0.4) is 0 Å². The molecule has 1 N–H and O–H groups in total. The first-order valence-corrected chi connectivity index (χ1v) is 13.1. The first-order valence-electron chi connectivity index (χ1n) is 13.1. The number of benzene rings is 1. The third kappa shape index (κ3) is 5.32. The van der Waals surface area contributed by atoms with Crippen LogP contribution < -0.4 is 5.32 Å². The van der Waals surface area contributed by atoms with E-state index in [2.05, 4.69) is 15.3 Å². The van der Waals surface area contributed by atoms with E-state index in [1.54, 1.807) is 17.3 Å². The number of nitrogens with zero attached hydrogens (tertiary/aromatic N) is 6. The number of nitrogens with one attached hydrogen (secondary N) is 1. The van der Waals surface area contributed by atoms with E-state index in [0.717, 1.165) is 12.8 Å². The van der Waals surface area contributed by atoms with Crippen LogP contribution in [0.15, 0.2) is 67.0 Å². The van der Waals surface area contributed by atoms with Crippen molar-refractivity contribution in [2.24, 2.45) is 5.92 Å². The number of hydrogen-bond acceptors (Lipinski definition) is 6. The minimum absolute atomic E-state index is 0.124. The molecule has 0 saturated carbocycles. The van der Waals surface area contributed by atoms with Gasteiger partial charge in [0.25, 0.3) is 0 Å². The van der Waals surface area contributed by atoms with Crippen molar-refractivity contribution in [3.8, 4) is 22.8 Å². The van der Waals surface area contributed by atoms with Crippen LogP contribution in [0.25, 0.3) is 33.8 Å². The van der Waals surface area contributed by atoms with Gasteiger partial charge in [-0.3, -0.25) is 14.8 Å².